The van der Waals surface area contributed by atoms with Crippen molar-refractivity contribution in [2.45, 2.75) is 5.60 Å². The number of benzene rings is 3. The molecular formula is C25H21FO3. The van der Waals surface area contributed by atoms with Crippen LogP contribution >= 0.6 is 0 Å². The topological polar surface area (TPSA) is 38.7 Å². The van der Waals surface area contributed by atoms with E-state index in [-0.39, 0.29) is 5.82 Å². The average molecular weight is 388 g/mol. The predicted molar refractivity (Wildman–Crippen MR) is 112 cm³/mol. The van der Waals surface area contributed by atoms with Crippen molar-refractivity contribution in [3.8, 4) is 23.3 Å². The number of methoxy groups -OCH3 is 2. The molecule has 29 heavy (non-hydrogen) atoms. The fraction of sp³-hybridized carbons (Fsp3) is 0.120. The van der Waals surface area contributed by atoms with E-state index in [0.717, 1.165) is 16.9 Å². The van der Waals surface area contributed by atoms with E-state index in [9.17, 15) is 9.50 Å². The minimum atomic E-state index is -1.54. The molecule has 0 saturated carbocycles. The van der Waals surface area contributed by atoms with Gasteiger partial charge in [-0.05, 0) is 60.2 Å². The van der Waals surface area contributed by atoms with Gasteiger partial charge in [-0.2, -0.15) is 0 Å². The zero-order valence-electron chi connectivity index (χ0n) is 16.2. The third-order valence-corrected chi connectivity index (χ3v) is 4.40. The van der Waals surface area contributed by atoms with Gasteiger partial charge in [-0.3, -0.25) is 0 Å². The van der Waals surface area contributed by atoms with Crippen molar-refractivity contribution < 1.29 is 19.0 Å². The summed E-state index contributed by atoms with van der Waals surface area (Å²) in [7, 11) is 3.18. The highest BCUT2D eigenvalue weighted by atomic mass is 19.1. The molecule has 0 heterocycles. The molecular weight excluding hydrogens is 367 g/mol. The lowest BCUT2D eigenvalue weighted by Crippen LogP contribution is -2.20. The Labute approximate surface area is 170 Å². The lowest BCUT2D eigenvalue weighted by atomic mass is 9.92. The second kappa shape index (κ2) is 9.09. The van der Waals surface area contributed by atoms with E-state index >= 15 is 0 Å². The highest BCUT2D eigenvalue weighted by Gasteiger charge is 2.23. The van der Waals surface area contributed by atoms with Gasteiger partial charge in [0.25, 0.3) is 0 Å². The fourth-order valence-corrected chi connectivity index (χ4v) is 2.69. The molecule has 1 unspecified atom stereocenters. The Balaban J connectivity index is 1.97. The van der Waals surface area contributed by atoms with Gasteiger partial charge >= 0.3 is 0 Å². The Kier molecular flexibility index (Phi) is 6.33. The van der Waals surface area contributed by atoms with Gasteiger partial charge < -0.3 is 14.6 Å². The van der Waals surface area contributed by atoms with Crippen LogP contribution in [0.15, 0.2) is 78.9 Å². The molecule has 3 aromatic rings. The minimum absolute atomic E-state index is 0.313. The molecule has 0 saturated heterocycles. The van der Waals surface area contributed by atoms with Crippen LogP contribution in [-0.4, -0.2) is 19.3 Å². The number of rotatable bonds is 5. The molecule has 0 aliphatic rings. The van der Waals surface area contributed by atoms with Gasteiger partial charge in [0.1, 0.15) is 17.3 Å². The van der Waals surface area contributed by atoms with E-state index in [0.29, 0.717) is 11.3 Å². The Hall–Kier alpha value is -3.55. The van der Waals surface area contributed by atoms with Crippen molar-refractivity contribution in [1.29, 1.82) is 0 Å². The normalized spacial score (nSPS) is 12.7. The molecule has 0 fully saturated rings. The van der Waals surface area contributed by atoms with Crippen molar-refractivity contribution >= 4 is 6.08 Å². The van der Waals surface area contributed by atoms with Gasteiger partial charge in [0.05, 0.1) is 14.2 Å². The standard InChI is InChI=1S/C25H21FO3/c1-28-23-11-5-20(6-12-23)16-18-25(27,21-7-13-24(29-2)14-8-21)17-15-19-3-9-22(26)10-4-19/h3-15,17,27H,1-2H3/b17-15+. The van der Waals surface area contributed by atoms with Gasteiger partial charge in [-0.25, -0.2) is 4.39 Å². The molecule has 0 radical (unpaired) electrons. The second-order valence-electron chi connectivity index (χ2n) is 6.36. The van der Waals surface area contributed by atoms with E-state index in [2.05, 4.69) is 11.8 Å². The van der Waals surface area contributed by atoms with Crippen molar-refractivity contribution in [2.75, 3.05) is 14.2 Å². The highest BCUT2D eigenvalue weighted by Crippen LogP contribution is 2.26. The first kappa shape index (κ1) is 20.2. The monoisotopic (exact) mass is 388 g/mol. The van der Waals surface area contributed by atoms with Crippen LogP contribution < -0.4 is 9.47 Å². The van der Waals surface area contributed by atoms with Crippen molar-refractivity contribution in [3.63, 3.8) is 0 Å². The van der Waals surface area contributed by atoms with Gasteiger partial charge in [-0.1, -0.05) is 42.2 Å². The van der Waals surface area contributed by atoms with Crippen LogP contribution in [0.4, 0.5) is 4.39 Å². The van der Waals surface area contributed by atoms with E-state index < -0.39 is 5.60 Å². The maximum absolute atomic E-state index is 13.1. The Morgan fingerprint density at radius 2 is 1.38 bits per heavy atom. The van der Waals surface area contributed by atoms with Crippen LogP contribution in [-0.2, 0) is 5.60 Å². The molecule has 146 valence electrons. The number of hydrogen-bond donors (Lipinski definition) is 1. The summed E-state index contributed by atoms with van der Waals surface area (Å²) in [6.07, 6.45) is 3.31. The zero-order valence-corrected chi connectivity index (χ0v) is 16.2. The Bertz CT molecular complexity index is 1030. The summed E-state index contributed by atoms with van der Waals surface area (Å²) < 4.78 is 23.5. The molecule has 3 aromatic carbocycles. The van der Waals surface area contributed by atoms with Crippen LogP contribution in [0.2, 0.25) is 0 Å². The molecule has 0 aliphatic heterocycles. The first-order valence-corrected chi connectivity index (χ1v) is 9.01. The highest BCUT2D eigenvalue weighted by molar-refractivity contribution is 5.55. The second-order valence-corrected chi connectivity index (χ2v) is 6.36. The smallest absolute Gasteiger partial charge is 0.170 e. The zero-order chi connectivity index (χ0) is 20.7. The van der Waals surface area contributed by atoms with Crippen LogP contribution in [0.25, 0.3) is 6.08 Å². The number of halogens is 1. The van der Waals surface area contributed by atoms with E-state index in [4.69, 9.17) is 9.47 Å². The predicted octanol–water partition coefficient (Wildman–Crippen LogP) is 4.80. The summed E-state index contributed by atoms with van der Waals surface area (Å²) in [4.78, 5) is 0. The van der Waals surface area contributed by atoms with Crippen LogP contribution in [0.1, 0.15) is 16.7 Å². The maximum Gasteiger partial charge on any atom is 0.170 e. The van der Waals surface area contributed by atoms with Crippen molar-refractivity contribution in [2.24, 2.45) is 0 Å². The molecule has 0 aliphatic carbocycles. The van der Waals surface area contributed by atoms with E-state index in [1.165, 1.54) is 12.1 Å². The van der Waals surface area contributed by atoms with Gasteiger partial charge in [0.2, 0.25) is 0 Å². The minimum Gasteiger partial charge on any atom is -0.497 e. The van der Waals surface area contributed by atoms with E-state index in [1.807, 2.05) is 24.3 Å². The van der Waals surface area contributed by atoms with E-state index in [1.54, 1.807) is 62.8 Å². The van der Waals surface area contributed by atoms with Crippen molar-refractivity contribution in [1.82, 2.24) is 0 Å². The first-order chi connectivity index (χ1) is 14.0. The lowest BCUT2D eigenvalue weighted by Gasteiger charge is -2.19. The van der Waals surface area contributed by atoms with Gasteiger partial charge in [0, 0.05) is 11.1 Å². The Morgan fingerprint density at radius 1 is 0.828 bits per heavy atom. The number of hydrogen-bond acceptors (Lipinski definition) is 3. The molecule has 0 bridgehead atoms. The molecule has 3 nitrogen and oxygen atoms in total. The van der Waals surface area contributed by atoms with Gasteiger partial charge in [0.15, 0.2) is 5.60 Å². The lowest BCUT2D eigenvalue weighted by molar-refractivity contribution is 0.155. The maximum atomic E-state index is 13.1. The van der Waals surface area contributed by atoms with Crippen molar-refractivity contribution in [3.05, 3.63) is 101 Å². The van der Waals surface area contributed by atoms with Gasteiger partial charge in [-0.15, -0.1) is 0 Å². The number of aliphatic hydroxyl groups is 1. The first-order valence-electron chi connectivity index (χ1n) is 9.01. The SMILES string of the molecule is COc1ccc(C#CC(O)(/C=C/c2ccc(F)cc2)c2ccc(OC)cc2)cc1. The molecule has 0 aromatic heterocycles. The molecule has 0 spiro atoms. The average Bonchev–Trinajstić information content (AvgIpc) is 2.78. The quantitative estimate of drug-likeness (QED) is 0.639. The largest absolute Gasteiger partial charge is 0.497 e. The van der Waals surface area contributed by atoms with Crippen LogP contribution in [0, 0.1) is 17.7 Å². The molecule has 1 N–H and O–H groups in total. The summed E-state index contributed by atoms with van der Waals surface area (Å²) >= 11 is 0. The molecule has 3 rings (SSSR count). The summed E-state index contributed by atoms with van der Waals surface area (Å²) in [6, 6.07) is 20.3. The summed E-state index contributed by atoms with van der Waals surface area (Å²) in [5.74, 6) is 7.06. The van der Waals surface area contributed by atoms with Crippen LogP contribution in [0.3, 0.4) is 0 Å². The van der Waals surface area contributed by atoms with Crippen LogP contribution in [0.5, 0.6) is 11.5 Å². The summed E-state index contributed by atoms with van der Waals surface area (Å²) in [6.45, 7) is 0. The summed E-state index contributed by atoms with van der Waals surface area (Å²) in [5.41, 5.74) is 0.552. The molecule has 4 heteroatoms. The molecule has 0 amide bonds. The number of ether oxygens (including phenoxy) is 2. The third-order valence-electron chi connectivity index (χ3n) is 4.40. The summed E-state index contributed by atoms with van der Waals surface area (Å²) in [5, 5.41) is 11.3. The Morgan fingerprint density at radius 3 is 1.93 bits per heavy atom. The fourth-order valence-electron chi connectivity index (χ4n) is 2.69. The third kappa shape index (κ3) is 5.25. The molecule has 1 atom stereocenters.